The number of amides is 1. The van der Waals surface area contributed by atoms with Crippen LogP contribution in [0.4, 0.5) is 5.00 Å². The maximum atomic E-state index is 13.1. The van der Waals surface area contributed by atoms with Crippen LogP contribution in [0.1, 0.15) is 56.2 Å². The van der Waals surface area contributed by atoms with Crippen molar-refractivity contribution in [2.24, 2.45) is 5.92 Å². The van der Waals surface area contributed by atoms with Crippen molar-refractivity contribution in [3.8, 4) is 5.75 Å². The van der Waals surface area contributed by atoms with E-state index in [1.807, 2.05) is 12.1 Å². The molecule has 5 rings (SSSR count). The lowest BCUT2D eigenvalue weighted by atomic mass is 9.88. The van der Waals surface area contributed by atoms with Crippen molar-refractivity contribution in [3.63, 3.8) is 0 Å². The molecule has 164 valence electrons. The number of nitrogens with one attached hydrogen (secondary N) is 2. The van der Waals surface area contributed by atoms with Crippen LogP contribution in [0.3, 0.4) is 0 Å². The SMILES string of the molecule is C[C@@H]1CCc2c(sc3c2C(=O)N[C@@H](c2cc(Br)ccc2OC(=O)c2ccc(Br)cc2)N3)C1. The van der Waals surface area contributed by atoms with Crippen LogP contribution in [0.15, 0.2) is 51.4 Å². The number of hydrogen-bond acceptors (Lipinski definition) is 5. The number of carbonyl (C=O) groups excluding carboxylic acids is 2. The minimum Gasteiger partial charge on any atom is -0.422 e. The summed E-state index contributed by atoms with van der Waals surface area (Å²) in [6.45, 7) is 2.26. The smallest absolute Gasteiger partial charge is 0.343 e. The molecule has 2 N–H and O–H groups in total. The van der Waals surface area contributed by atoms with Gasteiger partial charge in [-0.15, -0.1) is 11.3 Å². The molecule has 8 heteroatoms. The van der Waals surface area contributed by atoms with Crippen LogP contribution in [0.5, 0.6) is 5.75 Å². The molecule has 2 heterocycles. The first-order valence-electron chi connectivity index (χ1n) is 10.4. The Morgan fingerprint density at radius 2 is 1.84 bits per heavy atom. The van der Waals surface area contributed by atoms with Crippen LogP contribution in [-0.2, 0) is 12.8 Å². The van der Waals surface area contributed by atoms with Crippen LogP contribution in [0, 0.1) is 5.92 Å². The molecule has 32 heavy (non-hydrogen) atoms. The molecule has 1 amide bonds. The number of hydrogen-bond donors (Lipinski definition) is 2. The third-order valence-electron chi connectivity index (χ3n) is 5.86. The van der Waals surface area contributed by atoms with Gasteiger partial charge in [-0.25, -0.2) is 4.79 Å². The molecular formula is C24H20Br2N2O3S. The van der Waals surface area contributed by atoms with Crippen LogP contribution in [-0.4, -0.2) is 11.9 Å². The van der Waals surface area contributed by atoms with Gasteiger partial charge in [0, 0.05) is 19.4 Å². The van der Waals surface area contributed by atoms with Crippen molar-refractivity contribution >= 4 is 60.1 Å². The minimum atomic E-state index is -0.502. The Balaban J connectivity index is 1.45. The Bertz CT molecular complexity index is 1220. The summed E-state index contributed by atoms with van der Waals surface area (Å²) in [4.78, 5) is 27.1. The Morgan fingerprint density at radius 1 is 1.09 bits per heavy atom. The maximum Gasteiger partial charge on any atom is 0.343 e. The van der Waals surface area contributed by atoms with E-state index in [1.54, 1.807) is 41.7 Å². The summed E-state index contributed by atoms with van der Waals surface area (Å²) in [5, 5.41) is 7.43. The fourth-order valence-electron chi connectivity index (χ4n) is 4.20. The summed E-state index contributed by atoms with van der Waals surface area (Å²) in [6, 6.07) is 12.4. The van der Waals surface area contributed by atoms with Crippen molar-refractivity contribution in [2.75, 3.05) is 5.32 Å². The van der Waals surface area contributed by atoms with E-state index < -0.39 is 12.1 Å². The van der Waals surface area contributed by atoms with Crippen molar-refractivity contribution in [1.29, 1.82) is 0 Å². The number of esters is 1. The molecule has 5 nitrogen and oxygen atoms in total. The summed E-state index contributed by atoms with van der Waals surface area (Å²) >= 11 is 8.54. The fraction of sp³-hybridized carbons (Fsp3) is 0.250. The van der Waals surface area contributed by atoms with Crippen molar-refractivity contribution < 1.29 is 14.3 Å². The molecule has 1 aromatic heterocycles. The number of thiophene rings is 1. The van der Waals surface area contributed by atoms with E-state index in [2.05, 4.69) is 49.4 Å². The highest BCUT2D eigenvalue weighted by Crippen LogP contribution is 2.43. The van der Waals surface area contributed by atoms with Gasteiger partial charge in [0.25, 0.3) is 5.91 Å². The predicted molar refractivity (Wildman–Crippen MR) is 133 cm³/mol. The van der Waals surface area contributed by atoms with E-state index in [0.29, 0.717) is 22.8 Å². The third kappa shape index (κ3) is 4.11. The molecule has 2 aromatic carbocycles. The van der Waals surface area contributed by atoms with Gasteiger partial charge in [0.1, 0.15) is 16.9 Å². The lowest BCUT2D eigenvalue weighted by Gasteiger charge is -2.28. The summed E-state index contributed by atoms with van der Waals surface area (Å²) in [5.41, 5.74) is 3.09. The van der Waals surface area contributed by atoms with Gasteiger partial charge >= 0.3 is 5.97 Å². The molecule has 0 bridgehead atoms. The second-order valence-corrected chi connectivity index (χ2v) is 11.1. The second kappa shape index (κ2) is 8.65. The van der Waals surface area contributed by atoms with Gasteiger partial charge in [-0.2, -0.15) is 0 Å². The number of halogens is 2. The number of rotatable bonds is 3. The van der Waals surface area contributed by atoms with Gasteiger partial charge in [0.2, 0.25) is 0 Å². The van der Waals surface area contributed by atoms with E-state index in [1.165, 1.54) is 10.4 Å². The lowest BCUT2D eigenvalue weighted by Crippen LogP contribution is -2.38. The van der Waals surface area contributed by atoms with Gasteiger partial charge in [-0.1, -0.05) is 38.8 Å². The topological polar surface area (TPSA) is 67.4 Å². The van der Waals surface area contributed by atoms with E-state index in [-0.39, 0.29) is 5.91 Å². The first-order valence-corrected chi connectivity index (χ1v) is 12.8. The van der Waals surface area contributed by atoms with E-state index in [4.69, 9.17) is 4.74 Å². The summed E-state index contributed by atoms with van der Waals surface area (Å²) in [7, 11) is 0. The molecule has 0 unspecified atom stereocenters. The zero-order valence-corrected chi connectivity index (χ0v) is 21.2. The molecular weight excluding hydrogens is 556 g/mol. The Morgan fingerprint density at radius 3 is 2.62 bits per heavy atom. The Labute approximate surface area is 206 Å². The van der Waals surface area contributed by atoms with Gasteiger partial charge < -0.3 is 15.4 Å². The molecule has 0 spiro atoms. The highest BCUT2D eigenvalue weighted by atomic mass is 79.9. The van der Waals surface area contributed by atoms with E-state index >= 15 is 0 Å². The van der Waals surface area contributed by atoms with Gasteiger partial charge in [-0.05, 0) is 73.2 Å². The zero-order chi connectivity index (χ0) is 22.4. The summed E-state index contributed by atoms with van der Waals surface area (Å²) in [5.74, 6) is 0.499. The van der Waals surface area contributed by atoms with Crippen molar-refractivity contribution in [2.45, 2.75) is 32.4 Å². The molecule has 1 aliphatic carbocycles. The maximum absolute atomic E-state index is 13.1. The van der Waals surface area contributed by atoms with Gasteiger partial charge in [0.05, 0.1) is 11.1 Å². The molecule has 1 aliphatic heterocycles. The second-order valence-electron chi connectivity index (χ2n) is 8.19. The fourth-order valence-corrected chi connectivity index (χ4v) is 6.28. The number of fused-ring (bicyclic) bond motifs is 3. The largest absolute Gasteiger partial charge is 0.422 e. The van der Waals surface area contributed by atoms with E-state index in [9.17, 15) is 9.59 Å². The quantitative estimate of drug-likeness (QED) is 0.277. The first kappa shape index (κ1) is 21.7. The predicted octanol–water partition coefficient (Wildman–Crippen LogP) is 6.47. The average Bonchev–Trinajstić information content (AvgIpc) is 3.13. The van der Waals surface area contributed by atoms with Crippen molar-refractivity contribution in [3.05, 3.63) is 78.5 Å². The number of benzene rings is 2. The molecule has 0 radical (unpaired) electrons. The van der Waals surface area contributed by atoms with Crippen LogP contribution >= 0.6 is 43.2 Å². The highest BCUT2D eigenvalue weighted by Gasteiger charge is 2.34. The van der Waals surface area contributed by atoms with Crippen molar-refractivity contribution in [1.82, 2.24) is 5.32 Å². The van der Waals surface area contributed by atoms with Crippen LogP contribution in [0.25, 0.3) is 0 Å². The molecule has 3 aromatic rings. The van der Waals surface area contributed by atoms with Crippen LogP contribution < -0.4 is 15.4 Å². The zero-order valence-electron chi connectivity index (χ0n) is 17.2. The molecule has 0 saturated carbocycles. The lowest BCUT2D eigenvalue weighted by molar-refractivity contribution is 0.0732. The Kier molecular flexibility index (Phi) is 5.86. The minimum absolute atomic E-state index is 0.0824. The number of anilines is 1. The Hall–Kier alpha value is -2.16. The molecule has 0 fully saturated rings. The third-order valence-corrected chi connectivity index (χ3v) is 8.06. The molecule has 2 atom stereocenters. The van der Waals surface area contributed by atoms with Gasteiger partial charge in [-0.3, -0.25) is 4.79 Å². The standard InChI is InChI=1S/C24H20Br2N2O3S/c1-12-2-8-16-19(10-12)32-23-20(16)22(29)27-21(28-23)17-11-15(26)7-9-18(17)31-24(30)13-3-5-14(25)6-4-13/h3-7,9,11-12,21,28H,2,8,10H2,1H3,(H,27,29)/t12-,21-/m1/s1. The molecule has 0 saturated heterocycles. The highest BCUT2D eigenvalue weighted by molar-refractivity contribution is 9.10. The van der Waals surface area contributed by atoms with E-state index in [0.717, 1.165) is 38.8 Å². The first-order chi connectivity index (χ1) is 15.4. The summed E-state index contributed by atoms with van der Waals surface area (Å²) < 4.78 is 7.45. The normalized spacial score (nSPS) is 19.4. The monoisotopic (exact) mass is 574 g/mol. The average molecular weight is 576 g/mol. The number of carbonyl (C=O) groups is 2. The molecule has 2 aliphatic rings. The van der Waals surface area contributed by atoms with Gasteiger partial charge in [0.15, 0.2) is 0 Å². The summed E-state index contributed by atoms with van der Waals surface area (Å²) in [6.07, 6.45) is 2.56. The van der Waals surface area contributed by atoms with Crippen LogP contribution in [0.2, 0.25) is 0 Å². The number of ether oxygens (including phenoxy) is 1.